The van der Waals surface area contributed by atoms with Crippen molar-refractivity contribution < 1.29 is 66.8 Å². The summed E-state index contributed by atoms with van der Waals surface area (Å²) in [5.41, 5.74) is 0. The van der Waals surface area contributed by atoms with Crippen LogP contribution in [0.4, 0.5) is 0 Å². The predicted octanol–water partition coefficient (Wildman–Crippen LogP) is 3.39. The minimum atomic E-state index is -1.52. The third-order valence-electron chi connectivity index (χ3n) is 6.08. The van der Waals surface area contributed by atoms with Crippen molar-refractivity contribution in [3.63, 3.8) is 0 Å². The van der Waals surface area contributed by atoms with Gasteiger partial charge in [0.05, 0.1) is 0 Å². The van der Waals surface area contributed by atoms with Gasteiger partial charge in [-0.1, -0.05) is 39.5 Å². The molecule has 3 saturated heterocycles. The molecule has 14 heteroatoms. The summed E-state index contributed by atoms with van der Waals surface area (Å²) < 4.78 is 29.1. The predicted molar refractivity (Wildman–Crippen MR) is 149 cm³/mol. The summed E-state index contributed by atoms with van der Waals surface area (Å²) in [6.45, 7) is 12.7. The first kappa shape index (κ1) is 38.2. The van der Waals surface area contributed by atoms with Gasteiger partial charge >= 0.3 is 35.8 Å². The van der Waals surface area contributed by atoms with E-state index >= 15 is 0 Å². The minimum Gasteiger partial charge on any atom is -0.423 e. The molecule has 0 saturated carbocycles. The Kier molecular flexibility index (Phi) is 14.1. The number of rotatable bonds is 11. The quantitative estimate of drug-likeness (QED) is 0.140. The lowest BCUT2D eigenvalue weighted by Crippen LogP contribution is -2.49. The van der Waals surface area contributed by atoms with Crippen LogP contribution < -0.4 is 0 Å². The number of hydrogen-bond acceptors (Lipinski definition) is 14. The zero-order valence-electron chi connectivity index (χ0n) is 26.7. The summed E-state index contributed by atoms with van der Waals surface area (Å²) in [5.74, 6) is -12.4. The topological polar surface area (TPSA) is 192 Å². The summed E-state index contributed by atoms with van der Waals surface area (Å²) in [5, 5.41) is 0. The van der Waals surface area contributed by atoms with Crippen LogP contribution in [-0.2, 0) is 66.8 Å². The van der Waals surface area contributed by atoms with Crippen LogP contribution >= 0.6 is 0 Å². The first-order valence-corrected chi connectivity index (χ1v) is 14.7. The molecule has 0 aromatic heterocycles. The van der Waals surface area contributed by atoms with E-state index in [1.54, 1.807) is 0 Å². The average Bonchev–Trinajstić information content (AvgIpc) is 2.83. The Labute approximate surface area is 256 Å². The molecular weight excluding hydrogens is 584 g/mol. The van der Waals surface area contributed by atoms with Gasteiger partial charge in [0.2, 0.25) is 11.8 Å². The van der Waals surface area contributed by atoms with Gasteiger partial charge in [0.1, 0.15) is 6.42 Å². The molecular formula is C30H44O14. The molecule has 44 heavy (non-hydrogen) atoms. The Balaban J connectivity index is 0.000000675. The standard InChI is InChI=1S/C22H30O10.C6H8O4.C2H6/c1-21(2)29-17(25)15(18(26)30-21)13(23)11-9-7-5-6-8-10-12-14(24)16-19(27)31-22(3,4)32-20(16)28;1-6(2)9-4(7)3-5(8)10-6;1-2/h15-16H,5-12H2,1-4H3;3H2,1-2H3;1-2H3. The Morgan fingerprint density at radius 3 is 1.02 bits per heavy atom. The molecule has 0 bridgehead atoms. The monoisotopic (exact) mass is 628 g/mol. The first-order chi connectivity index (χ1) is 20.3. The van der Waals surface area contributed by atoms with Gasteiger partial charge in [-0.05, 0) is 12.8 Å². The van der Waals surface area contributed by atoms with Crippen LogP contribution in [0.5, 0.6) is 0 Å². The van der Waals surface area contributed by atoms with Crippen LogP contribution in [0.1, 0.15) is 113 Å². The molecule has 0 radical (unpaired) electrons. The van der Waals surface area contributed by atoms with Crippen molar-refractivity contribution in [1.29, 1.82) is 0 Å². The molecule has 3 heterocycles. The van der Waals surface area contributed by atoms with Crippen LogP contribution in [0.15, 0.2) is 0 Å². The Hall–Kier alpha value is -3.84. The highest BCUT2D eigenvalue weighted by Gasteiger charge is 2.47. The summed E-state index contributed by atoms with van der Waals surface area (Å²) >= 11 is 0. The normalized spacial score (nSPS) is 20.5. The Morgan fingerprint density at radius 1 is 0.500 bits per heavy atom. The summed E-state index contributed by atoms with van der Waals surface area (Å²) in [7, 11) is 0. The van der Waals surface area contributed by atoms with Crippen LogP contribution in [0.3, 0.4) is 0 Å². The number of carbonyl (C=O) groups is 8. The molecule has 14 nitrogen and oxygen atoms in total. The smallest absolute Gasteiger partial charge is 0.331 e. The van der Waals surface area contributed by atoms with Crippen molar-refractivity contribution >= 4 is 47.4 Å². The fourth-order valence-electron chi connectivity index (χ4n) is 4.32. The van der Waals surface area contributed by atoms with Gasteiger partial charge < -0.3 is 28.4 Å². The van der Waals surface area contributed by atoms with Gasteiger partial charge in [0, 0.05) is 54.4 Å². The molecule has 3 rings (SSSR count). The molecule has 248 valence electrons. The van der Waals surface area contributed by atoms with E-state index < -0.39 is 76.6 Å². The maximum absolute atomic E-state index is 12.2. The van der Waals surface area contributed by atoms with Crippen LogP contribution in [0.25, 0.3) is 0 Å². The fourth-order valence-corrected chi connectivity index (χ4v) is 4.32. The maximum Gasteiger partial charge on any atom is 0.331 e. The van der Waals surface area contributed by atoms with E-state index in [0.29, 0.717) is 25.7 Å². The molecule has 0 aromatic rings. The van der Waals surface area contributed by atoms with Crippen molar-refractivity contribution in [1.82, 2.24) is 0 Å². The molecule has 0 amide bonds. The van der Waals surface area contributed by atoms with Gasteiger partial charge in [0.15, 0.2) is 11.6 Å². The zero-order valence-corrected chi connectivity index (χ0v) is 26.7. The van der Waals surface area contributed by atoms with Crippen molar-refractivity contribution in [2.45, 2.75) is 131 Å². The van der Waals surface area contributed by atoms with Crippen molar-refractivity contribution in [2.24, 2.45) is 11.8 Å². The molecule has 0 aliphatic carbocycles. The van der Waals surface area contributed by atoms with Crippen LogP contribution in [0.2, 0.25) is 0 Å². The van der Waals surface area contributed by atoms with Gasteiger partial charge in [-0.15, -0.1) is 0 Å². The molecule has 0 aromatic carbocycles. The third-order valence-corrected chi connectivity index (χ3v) is 6.08. The van der Waals surface area contributed by atoms with E-state index in [9.17, 15) is 38.4 Å². The highest BCUT2D eigenvalue weighted by atomic mass is 16.8. The van der Waals surface area contributed by atoms with E-state index in [4.69, 9.17) is 18.9 Å². The maximum atomic E-state index is 12.2. The molecule has 3 aliphatic rings. The molecule has 0 atom stereocenters. The average molecular weight is 629 g/mol. The second kappa shape index (κ2) is 16.3. The van der Waals surface area contributed by atoms with E-state index in [2.05, 4.69) is 9.47 Å². The third kappa shape index (κ3) is 12.4. The number of ketones is 2. The SMILES string of the molecule is CC.CC1(C)OC(=O)C(C(=O)CCCCCCCCC(=O)C2C(=O)OC(C)(C)OC2=O)C(=O)O1.CC1(C)OC(=O)CC(=O)O1. The number of Topliss-reactive ketones (excluding diaryl/α,β-unsaturated/α-hetero) is 2. The lowest BCUT2D eigenvalue weighted by atomic mass is 9.96. The lowest BCUT2D eigenvalue weighted by molar-refractivity contribution is -0.240. The molecule has 0 unspecified atom stereocenters. The molecule has 0 spiro atoms. The highest BCUT2D eigenvalue weighted by molar-refractivity contribution is 6.16. The number of hydrogen-bond donors (Lipinski definition) is 0. The second-order valence-electron chi connectivity index (χ2n) is 11.4. The second-order valence-corrected chi connectivity index (χ2v) is 11.4. The minimum absolute atomic E-state index is 0.0655. The van der Waals surface area contributed by atoms with Crippen LogP contribution in [0, 0.1) is 11.8 Å². The zero-order chi connectivity index (χ0) is 33.9. The van der Waals surface area contributed by atoms with Crippen molar-refractivity contribution in [2.75, 3.05) is 0 Å². The van der Waals surface area contributed by atoms with E-state index in [-0.39, 0.29) is 19.3 Å². The van der Waals surface area contributed by atoms with Crippen molar-refractivity contribution in [3.05, 3.63) is 0 Å². The van der Waals surface area contributed by atoms with E-state index in [1.165, 1.54) is 41.5 Å². The first-order valence-electron chi connectivity index (χ1n) is 14.7. The number of unbranched alkanes of at least 4 members (excludes halogenated alkanes) is 5. The Bertz CT molecular complexity index is 993. The van der Waals surface area contributed by atoms with Gasteiger partial charge in [0.25, 0.3) is 17.4 Å². The highest BCUT2D eigenvalue weighted by Crippen LogP contribution is 2.26. The molecule has 3 aliphatic heterocycles. The number of cyclic esters (lactones) is 6. The summed E-state index contributed by atoms with van der Waals surface area (Å²) in [4.78, 5) is 93.0. The molecule has 0 N–H and O–H groups in total. The fraction of sp³-hybridized carbons (Fsp3) is 0.733. The number of ether oxygens (including phenoxy) is 6. The van der Waals surface area contributed by atoms with Gasteiger partial charge in [-0.25, -0.2) is 0 Å². The summed E-state index contributed by atoms with van der Waals surface area (Å²) in [6.07, 6.45) is 3.86. The number of esters is 6. The molecule has 3 fully saturated rings. The van der Waals surface area contributed by atoms with Crippen LogP contribution in [-0.4, -0.2) is 64.7 Å². The van der Waals surface area contributed by atoms with Crippen molar-refractivity contribution in [3.8, 4) is 0 Å². The van der Waals surface area contributed by atoms with E-state index in [1.807, 2.05) is 13.8 Å². The lowest BCUT2D eigenvalue weighted by Gasteiger charge is -2.32. The van der Waals surface area contributed by atoms with Gasteiger partial charge in [-0.3, -0.25) is 38.4 Å². The van der Waals surface area contributed by atoms with Gasteiger partial charge in [-0.2, -0.15) is 0 Å². The Morgan fingerprint density at radius 2 is 0.750 bits per heavy atom. The largest absolute Gasteiger partial charge is 0.423 e. The summed E-state index contributed by atoms with van der Waals surface area (Å²) in [6, 6.07) is 0. The number of carbonyl (C=O) groups excluding carboxylic acids is 8. The van der Waals surface area contributed by atoms with E-state index in [0.717, 1.165) is 12.8 Å².